The highest BCUT2D eigenvalue weighted by atomic mass is 79.9. The summed E-state index contributed by atoms with van der Waals surface area (Å²) >= 11 is 3.49. The van der Waals surface area contributed by atoms with Gasteiger partial charge in [0, 0.05) is 11.1 Å². The van der Waals surface area contributed by atoms with Crippen LogP contribution in [-0.2, 0) is 4.74 Å². The Kier molecular flexibility index (Phi) is 7.54. The summed E-state index contributed by atoms with van der Waals surface area (Å²) in [5.41, 5.74) is 1.24. The van der Waals surface area contributed by atoms with Crippen LogP contribution in [0.1, 0.15) is 57.6 Å². The minimum Gasteiger partial charge on any atom is -0.374 e. The highest BCUT2D eigenvalue weighted by Gasteiger charge is 2.05. The quantitative estimate of drug-likeness (QED) is 0.576. The topological polar surface area (TPSA) is 9.23 Å². The lowest BCUT2D eigenvalue weighted by atomic mass is 10.1. The molecule has 0 radical (unpaired) electrons. The Bertz CT molecular complexity index is 312. The first-order chi connectivity index (χ1) is 8.24. The molecule has 1 aromatic rings. The van der Waals surface area contributed by atoms with Gasteiger partial charge in [0.05, 0.1) is 6.10 Å². The average Bonchev–Trinajstić information content (AvgIpc) is 2.33. The average molecular weight is 299 g/mol. The van der Waals surface area contributed by atoms with Crippen LogP contribution in [0.5, 0.6) is 0 Å². The van der Waals surface area contributed by atoms with Gasteiger partial charge in [-0.2, -0.15) is 0 Å². The van der Waals surface area contributed by atoms with Gasteiger partial charge in [-0.15, -0.1) is 0 Å². The van der Waals surface area contributed by atoms with Gasteiger partial charge in [-0.1, -0.05) is 60.7 Å². The van der Waals surface area contributed by atoms with Crippen LogP contribution in [0.25, 0.3) is 0 Å². The van der Waals surface area contributed by atoms with E-state index in [4.69, 9.17) is 4.74 Å². The first-order valence-electron chi connectivity index (χ1n) is 6.61. The zero-order chi connectivity index (χ0) is 12.5. The molecule has 0 bridgehead atoms. The molecule has 17 heavy (non-hydrogen) atoms. The van der Waals surface area contributed by atoms with E-state index in [1.807, 2.05) is 6.07 Å². The molecule has 1 aromatic carbocycles. The van der Waals surface area contributed by atoms with E-state index in [2.05, 4.69) is 48.0 Å². The molecule has 0 amide bonds. The molecule has 0 aliphatic heterocycles. The van der Waals surface area contributed by atoms with Crippen molar-refractivity contribution in [3.63, 3.8) is 0 Å². The summed E-state index contributed by atoms with van der Waals surface area (Å²) in [7, 11) is 0. The Morgan fingerprint density at radius 2 is 1.94 bits per heavy atom. The second-order valence-corrected chi connectivity index (χ2v) is 5.40. The predicted octanol–water partition coefficient (Wildman–Crippen LogP) is 5.50. The summed E-state index contributed by atoms with van der Waals surface area (Å²) in [6.45, 7) is 5.23. The maximum absolute atomic E-state index is 5.84. The van der Waals surface area contributed by atoms with Gasteiger partial charge < -0.3 is 4.74 Å². The van der Waals surface area contributed by atoms with Gasteiger partial charge in [0.2, 0.25) is 0 Å². The summed E-state index contributed by atoms with van der Waals surface area (Å²) in [6, 6.07) is 8.34. The SMILES string of the molecule is CCCCCCCOC(C)c1cccc(Br)c1. The van der Waals surface area contributed by atoms with Crippen LogP contribution in [0.2, 0.25) is 0 Å². The maximum atomic E-state index is 5.84. The molecule has 1 atom stereocenters. The van der Waals surface area contributed by atoms with E-state index in [1.54, 1.807) is 0 Å². The van der Waals surface area contributed by atoms with Gasteiger partial charge in [-0.25, -0.2) is 0 Å². The zero-order valence-corrected chi connectivity index (χ0v) is 12.5. The van der Waals surface area contributed by atoms with E-state index < -0.39 is 0 Å². The van der Waals surface area contributed by atoms with E-state index in [0.717, 1.165) is 11.1 Å². The monoisotopic (exact) mass is 298 g/mol. The van der Waals surface area contributed by atoms with Crippen molar-refractivity contribution >= 4 is 15.9 Å². The highest BCUT2D eigenvalue weighted by Crippen LogP contribution is 2.21. The van der Waals surface area contributed by atoms with Crippen molar-refractivity contribution in [2.45, 2.75) is 52.1 Å². The minimum atomic E-state index is 0.193. The fourth-order valence-corrected chi connectivity index (χ4v) is 2.24. The van der Waals surface area contributed by atoms with Gasteiger partial charge in [-0.05, 0) is 31.0 Å². The number of benzene rings is 1. The van der Waals surface area contributed by atoms with E-state index >= 15 is 0 Å². The number of halogens is 1. The normalized spacial score (nSPS) is 12.6. The van der Waals surface area contributed by atoms with Crippen LogP contribution in [0.15, 0.2) is 28.7 Å². The smallest absolute Gasteiger partial charge is 0.0797 e. The van der Waals surface area contributed by atoms with Crippen LogP contribution in [-0.4, -0.2) is 6.61 Å². The summed E-state index contributed by atoms with van der Waals surface area (Å²) in [5.74, 6) is 0. The third-order valence-electron chi connectivity index (χ3n) is 2.93. The molecule has 0 spiro atoms. The molecule has 0 saturated carbocycles. The minimum absolute atomic E-state index is 0.193. The molecule has 1 rings (SSSR count). The standard InChI is InChI=1S/C15H23BrO/c1-3-4-5-6-7-11-17-13(2)14-9-8-10-15(16)12-14/h8-10,12-13H,3-7,11H2,1-2H3. The van der Waals surface area contributed by atoms with Crippen molar-refractivity contribution in [1.29, 1.82) is 0 Å². The van der Waals surface area contributed by atoms with Crippen molar-refractivity contribution in [1.82, 2.24) is 0 Å². The van der Waals surface area contributed by atoms with Crippen molar-refractivity contribution in [2.24, 2.45) is 0 Å². The van der Waals surface area contributed by atoms with Crippen molar-refractivity contribution in [3.05, 3.63) is 34.3 Å². The first-order valence-corrected chi connectivity index (χ1v) is 7.40. The van der Waals surface area contributed by atoms with E-state index in [1.165, 1.54) is 37.7 Å². The summed E-state index contributed by atoms with van der Waals surface area (Å²) in [5, 5.41) is 0. The Morgan fingerprint density at radius 1 is 1.18 bits per heavy atom. The molecule has 0 aromatic heterocycles. The lowest BCUT2D eigenvalue weighted by molar-refractivity contribution is 0.0627. The number of unbranched alkanes of at least 4 members (excludes halogenated alkanes) is 4. The summed E-state index contributed by atoms with van der Waals surface area (Å²) < 4.78 is 6.96. The van der Waals surface area contributed by atoms with E-state index in [9.17, 15) is 0 Å². The molecular weight excluding hydrogens is 276 g/mol. The maximum Gasteiger partial charge on any atom is 0.0797 e. The number of hydrogen-bond donors (Lipinski definition) is 0. The molecule has 0 N–H and O–H groups in total. The Hall–Kier alpha value is -0.340. The van der Waals surface area contributed by atoms with Gasteiger partial charge in [0.15, 0.2) is 0 Å². The van der Waals surface area contributed by atoms with E-state index in [-0.39, 0.29) is 6.10 Å². The van der Waals surface area contributed by atoms with Crippen molar-refractivity contribution < 1.29 is 4.74 Å². The van der Waals surface area contributed by atoms with Crippen LogP contribution >= 0.6 is 15.9 Å². The third kappa shape index (κ3) is 6.23. The largest absolute Gasteiger partial charge is 0.374 e. The molecule has 0 heterocycles. The zero-order valence-electron chi connectivity index (χ0n) is 10.9. The first kappa shape index (κ1) is 14.7. The second kappa shape index (κ2) is 8.71. The third-order valence-corrected chi connectivity index (χ3v) is 3.43. The molecule has 0 fully saturated rings. The van der Waals surface area contributed by atoms with Crippen LogP contribution in [0.3, 0.4) is 0 Å². The molecule has 1 unspecified atom stereocenters. The fourth-order valence-electron chi connectivity index (χ4n) is 1.82. The molecular formula is C15H23BrO. The lowest BCUT2D eigenvalue weighted by Crippen LogP contribution is -2.01. The predicted molar refractivity (Wildman–Crippen MR) is 77.3 cm³/mol. The molecule has 1 nitrogen and oxygen atoms in total. The Balaban J connectivity index is 2.19. The number of hydrogen-bond acceptors (Lipinski definition) is 1. The lowest BCUT2D eigenvalue weighted by Gasteiger charge is -2.13. The second-order valence-electron chi connectivity index (χ2n) is 4.48. The van der Waals surface area contributed by atoms with Gasteiger partial charge in [0.1, 0.15) is 0 Å². The molecule has 0 aliphatic rings. The van der Waals surface area contributed by atoms with Crippen LogP contribution in [0.4, 0.5) is 0 Å². The molecule has 0 saturated heterocycles. The fraction of sp³-hybridized carbons (Fsp3) is 0.600. The van der Waals surface area contributed by atoms with Crippen LogP contribution in [0, 0.1) is 0 Å². The van der Waals surface area contributed by atoms with Crippen molar-refractivity contribution in [3.8, 4) is 0 Å². The highest BCUT2D eigenvalue weighted by molar-refractivity contribution is 9.10. The molecule has 2 heteroatoms. The van der Waals surface area contributed by atoms with E-state index in [0.29, 0.717) is 0 Å². The van der Waals surface area contributed by atoms with Crippen molar-refractivity contribution in [2.75, 3.05) is 6.61 Å². The summed E-state index contributed by atoms with van der Waals surface area (Å²) in [4.78, 5) is 0. The molecule has 96 valence electrons. The Labute approximate surface area is 114 Å². The Morgan fingerprint density at radius 3 is 2.65 bits per heavy atom. The summed E-state index contributed by atoms with van der Waals surface area (Å²) in [6.07, 6.45) is 6.65. The molecule has 0 aliphatic carbocycles. The number of rotatable bonds is 8. The van der Waals surface area contributed by atoms with Gasteiger partial charge >= 0.3 is 0 Å². The van der Waals surface area contributed by atoms with Gasteiger partial charge in [-0.3, -0.25) is 0 Å². The van der Waals surface area contributed by atoms with Gasteiger partial charge in [0.25, 0.3) is 0 Å². The van der Waals surface area contributed by atoms with Crippen LogP contribution < -0.4 is 0 Å². The number of ether oxygens (including phenoxy) is 1.